The van der Waals surface area contributed by atoms with Crippen LogP contribution in [0.25, 0.3) is 0 Å². The molecular weight excluding hydrogens is 408 g/mol. The Hall–Kier alpha value is -3.76. The van der Waals surface area contributed by atoms with Crippen molar-refractivity contribution < 1.29 is 9.59 Å². The minimum atomic E-state index is -0.322. The third-order valence-corrected chi connectivity index (χ3v) is 5.35. The Bertz CT molecular complexity index is 1080. The van der Waals surface area contributed by atoms with E-state index in [1.54, 1.807) is 60.3 Å². The molecule has 3 rings (SSSR count). The highest BCUT2D eigenvalue weighted by atomic mass is 32.2. The summed E-state index contributed by atoms with van der Waals surface area (Å²) in [4.78, 5) is 25.8. The molecule has 0 heterocycles. The van der Waals surface area contributed by atoms with E-state index in [-0.39, 0.29) is 11.9 Å². The van der Waals surface area contributed by atoms with Gasteiger partial charge in [-0.25, -0.2) is 4.79 Å². The second-order valence-electron chi connectivity index (χ2n) is 6.62. The standard InChI is InChI=1S/C24H22N4O2S/c25-17-18-7-4-9-20(15-18)27-23(29)19-8-5-10-21(16-19)28-24(30)26-13-6-14-31-22-11-2-1-3-12-22/h1-5,7-12,15-16H,6,13-14H2,(H,27,29)(H2,26,28,30). The van der Waals surface area contributed by atoms with Gasteiger partial charge in [0.25, 0.3) is 5.91 Å². The van der Waals surface area contributed by atoms with Gasteiger partial charge < -0.3 is 16.0 Å². The minimum absolute atomic E-state index is 0.316. The van der Waals surface area contributed by atoms with E-state index in [1.165, 1.54) is 4.90 Å². The second kappa shape index (κ2) is 11.4. The van der Waals surface area contributed by atoms with Crippen LogP contribution in [0.3, 0.4) is 0 Å². The Labute approximate surface area is 185 Å². The number of hydrogen-bond donors (Lipinski definition) is 3. The van der Waals surface area contributed by atoms with E-state index in [9.17, 15) is 9.59 Å². The van der Waals surface area contributed by atoms with Crippen LogP contribution in [0.5, 0.6) is 0 Å². The Morgan fingerprint density at radius 2 is 1.61 bits per heavy atom. The maximum atomic E-state index is 12.5. The first-order valence-electron chi connectivity index (χ1n) is 9.78. The molecule has 6 nitrogen and oxygen atoms in total. The molecule has 0 unspecified atom stereocenters. The van der Waals surface area contributed by atoms with Gasteiger partial charge in [-0.1, -0.05) is 30.3 Å². The third kappa shape index (κ3) is 7.21. The number of benzene rings is 3. The Morgan fingerprint density at radius 3 is 2.39 bits per heavy atom. The molecule has 3 N–H and O–H groups in total. The van der Waals surface area contributed by atoms with Gasteiger partial charge in [0.1, 0.15) is 0 Å². The van der Waals surface area contributed by atoms with Crippen LogP contribution >= 0.6 is 11.8 Å². The van der Waals surface area contributed by atoms with Crippen molar-refractivity contribution in [2.24, 2.45) is 0 Å². The highest BCUT2D eigenvalue weighted by Crippen LogP contribution is 2.17. The van der Waals surface area contributed by atoms with Crippen molar-refractivity contribution >= 4 is 35.1 Å². The number of carbonyl (C=O) groups excluding carboxylic acids is 2. The van der Waals surface area contributed by atoms with Crippen LogP contribution in [0.15, 0.2) is 83.8 Å². The lowest BCUT2D eigenvalue weighted by Gasteiger charge is -2.10. The molecule has 0 radical (unpaired) electrons. The van der Waals surface area contributed by atoms with Crippen molar-refractivity contribution in [3.05, 3.63) is 90.0 Å². The lowest BCUT2D eigenvalue weighted by atomic mass is 10.1. The Kier molecular flexibility index (Phi) is 8.09. The average molecular weight is 431 g/mol. The number of rotatable bonds is 8. The highest BCUT2D eigenvalue weighted by Gasteiger charge is 2.09. The molecule has 0 bridgehead atoms. The zero-order valence-corrected chi connectivity index (χ0v) is 17.6. The number of thioether (sulfide) groups is 1. The van der Waals surface area contributed by atoms with Crippen LogP contribution in [0.4, 0.5) is 16.2 Å². The summed E-state index contributed by atoms with van der Waals surface area (Å²) in [5.41, 5.74) is 1.93. The molecule has 3 aromatic carbocycles. The molecule has 0 saturated heterocycles. The zero-order chi connectivity index (χ0) is 21.9. The number of carbonyl (C=O) groups is 2. The molecule has 31 heavy (non-hydrogen) atoms. The van der Waals surface area contributed by atoms with Crippen molar-refractivity contribution in [1.29, 1.82) is 5.26 Å². The summed E-state index contributed by atoms with van der Waals surface area (Å²) in [6.45, 7) is 0.557. The van der Waals surface area contributed by atoms with Gasteiger partial charge in [0, 0.05) is 28.4 Å². The number of nitriles is 1. The van der Waals surface area contributed by atoms with Crippen LogP contribution in [-0.2, 0) is 0 Å². The van der Waals surface area contributed by atoms with E-state index in [2.05, 4.69) is 28.1 Å². The molecule has 0 atom stereocenters. The predicted octanol–water partition coefficient (Wildman–Crippen LogP) is 5.11. The van der Waals surface area contributed by atoms with Crippen LogP contribution < -0.4 is 16.0 Å². The van der Waals surface area contributed by atoms with Crippen molar-refractivity contribution in [3.8, 4) is 6.07 Å². The van der Waals surface area contributed by atoms with E-state index in [0.29, 0.717) is 29.0 Å². The van der Waals surface area contributed by atoms with Crippen molar-refractivity contribution in [1.82, 2.24) is 5.32 Å². The largest absolute Gasteiger partial charge is 0.338 e. The van der Waals surface area contributed by atoms with Gasteiger partial charge in [-0.2, -0.15) is 5.26 Å². The van der Waals surface area contributed by atoms with E-state index >= 15 is 0 Å². The number of urea groups is 1. The van der Waals surface area contributed by atoms with Gasteiger partial charge >= 0.3 is 6.03 Å². The summed E-state index contributed by atoms with van der Waals surface area (Å²) in [6.07, 6.45) is 0.844. The fourth-order valence-corrected chi connectivity index (χ4v) is 3.64. The number of amides is 3. The maximum Gasteiger partial charge on any atom is 0.319 e. The topological polar surface area (TPSA) is 94.0 Å². The quantitative estimate of drug-likeness (QED) is 0.342. The predicted molar refractivity (Wildman–Crippen MR) is 124 cm³/mol. The Morgan fingerprint density at radius 1 is 0.871 bits per heavy atom. The summed E-state index contributed by atoms with van der Waals surface area (Å²) in [5, 5.41) is 17.3. The van der Waals surface area contributed by atoms with Crippen molar-refractivity contribution in [3.63, 3.8) is 0 Å². The third-order valence-electron chi connectivity index (χ3n) is 4.25. The van der Waals surface area contributed by atoms with Gasteiger partial charge in [0.2, 0.25) is 0 Å². The first-order chi connectivity index (χ1) is 15.1. The van der Waals surface area contributed by atoms with E-state index in [1.807, 2.05) is 24.3 Å². The molecule has 7 heteroatoms. The van der Waals surface area contributed by atoms with Gasteiger partial charge in [0.15, 0.2) is 0 Å². The summed E-state index contributed by atoms with van der Waals surface area (Å²) in [5.74, 6) is 0.588. The monoisotopic (exact) mass is 430 g/mol. The molecular formula is C24H22N4O2S. The van der Waals surface area contributed by atoms with E-state index in [0.717, 1.165) is 12.2 Å². The smallest absolute Gasteiger partial charge is 0.319 e. The van der Waals surface area contributed by atoms with Gasteiger partial charge in [0.05, 0.1) is 11.6 Å². The summed E-state index contributed by atoms with van der Waals surface area (Å²) >= 11 is 1.75. The van der Waals surface area contributed by atoms with Gasteiger partial charge in [-0.3, -0.25) is 4.79 Å². The fraction of sp³-hybridized carbons (Fsp3) is 0.125. The summed E-state index contributed by atoms with van der Waals surface area (Å²) in [6, 6.07) is 25.2. The number of anilines is 2. The SMILES string of the molecule is N#Cc1cccc(NC(=O)c2cccc(NC(=O)NCCCSc3ccccc3)c2)c1. The molecule has 0 aliphatic heterocycles. The molecule has 0 aliphatic rings. The van der Waals surface area contributed by atoms with E-state index < -0.39 is 0 Å². The van der Waals surface area contributed by atoms with Gasteiger partial charge in [-0.15, -0.1) is 11.8 Å². The Balaban J connectivity index is 1.45. The van der Waals surface area contributed by atoms with Crippen molar-refractivity contribution in [2.45, 2.75) is 11.3 Å². The first-order valence-corrected chi connectivity index (χ1v) is 10.8. The van der Waals surface area contributed by atoms with Crippen LogP contribution in [0, 0.1) is 11.3 Å². The minimum Gasteiger partial charge on any atom is -0.338 e. The fourth-order valence-electron chi connectivity index (χ4n) is 2.76. The number of nitrogens with zero attached hydrogens (tertiary/aromatic N) is 1. The lowest BCUT2D eigenvalue weighted by Crippen LogP contribution is -2.29. The lowest BCUT2D eigenvalue weighted by molar-refractivity contribution is 0.102. The first kappa shape index (κ1) is 21.9. The van der Waals surface area contributed by atoms with E-state index in [4.69, 9.17) is 5.26 Å². The van der Waals surface area contributed by atoms with Crippen LogP contribution in [0.2, 0.25) is 0 Å². The molecule has 0 spiro atoms. The highest BCUT2D eigenvalue weighted by molar-refractivity contribution is 7.99. The van der Waals surface area contributed by atoms with Gasteiger partial charge in [-0.05, 0) is 60.7 Å². The zero-order valence-electron chi connectivity index (χ0n) is 16.8. The molecule has 156 valence electrons. The average Bonchev–Trinajstić information content (AvgIpc) is 2.80. The second-order valence-corrected chi connectivity index (χ2v) is 7.79. The molecule has 0 aliphatic carbocycles. The van der Waals surface area contributed by atoms with Crippen LogP contribution in [0.1, 0.15) is 22.3 Å². The summed E-state index contributed by atoms with van der Waals surface area (Å²) in [7, 11) is 0. The maximum absolute atomic E-state index is 12.5. The molecule has 3 amide bonds. The van der Waals surface area contributed by atoms with Crippen LogP contribution in [-0.4, -0.2) is 24.2 Å². The molecule has 3 aromatic rings. The summed E-state index contributed by atoms with van der Waals surface area (Å²) < 4.78 is 0. The van der Waals surface area contributed by atoms with Crippen molar-refractivity contribution in [2.75, 3.05) is 22.9 Å². The molecule has 0 aromatic heterocycles. The molecule has 0 saturated carbocycles. The number of hydrogen-bond acceptors (Lipinski definition) is 4. The number of nitrogens with one attached hydrogen (secondary N) is 3. The normalized spacial score (nSPS) is 10.0. The molecule has 0 fully saturated rings.